The molecule has 1 amide bonds. The summed E-state index contributed by atoms with van der Waals surface area (Å²) in [5.41, 5.74) is 4.24. The third-order valence-electron chi connectivity index (χ3n) is 5.99. The number of aromatic nitrogens is 2. The van der Waals surface area contributed by atoms with Crippen LogP contribution in [0.25, 0.3) is 21.7 Å². The maximum Gasteiger partial charge on any atom is 0.259 e. The van der Waals surface area contributed by atoms with Gasteiger partial charge in [0, 0.05) is 37.6 Å². The van der Waals surface area contributed by atoms with Crippen LogP contribution in [0, 0.1) is 25.2 Å². The molecule has 1 aliphatic rings. The summed E-state index contributed by atoms with van der Waals surface area (Å²) < 4.78 is 5.44. The normalized spacial score (nSPS) is 14.5. The van der Waals surface area contributed by atoms with Gasteiger partial charge >= 0.3 is 0 Å². The minimum atomic E-state index is -0.0127. The van der Waals surface area contributed by atoms with E-state index in [1.807, 2.05) is 54.3 Å². The summed E-state index contributed by atoms with van der Waals surface area (Å²) in [7, 11) is 0. The summed E-state index contributed by atoms with van der Waals surface area (Å²) in [5, 5.41) is 13.7. The summed E-state index contributed by atoms with van der Waals surface area (Å²) in [6, 6.07) is 15.8. The number of amides is 1. The Hall–Kier alpha value is -3.54. The summed E-state index contributed by atoms with van der Waals surface area (Å²) in [6.07, 6.45) is 0. The van der Waals surface area contributed by atoms with Crippen molar-refractivity contribution in [2.45, 2.75) is 20.4 Å². The molecule has 0 spiro atoms. The Kier molecular flexibility index (Phi) is 5.67. The highest BCUT2D eigenvalue weighted by molar-refractivity contribution is 7.15. The number of thiophene rings is 1. The molecule has 3 aromatic heterocycles. The van der Waals surface area contributed by atoms with E-state index in [4.69, 9.17) is 9.78 Å². The highest BCUT2D eigenvalue weighted by atomic mass is 32.1. The van der Waals surface area contributed by atoms with Gasteiger partial charge in [-0.05, 0) is 49.7 Å². The van der Waals surface area contributed by atoms with Crippen molar-refractivity contribution in [2.75, 3.05) is 26.2 Å². The molecule has 0 radical (unpaired) electrons. The number of benzene rings is 1. The zero-order valence-corrected chi connectivity index (χ0v) is 19.4. The number of fused-ring (bicyclic) bond motifs is 1. The van der Waals surface area contributed by atoms with Crippen LogP contribution in [-0.4, -0.2) is 52.0 Å². The summed E-state index contributed by atoms with van der Waals surface area (Å²) in [6.45, 7) is 7.58. The van der Waals surface area contributed by atoms with E-state index in [1.54, 1.807) is 11.3 Å². The molecule has 0 bridgehead atoms. The molecule has 1 saturated heterocycles. The van der Waals surface area contributed by atoms with Crippen LogP contribution in [0.1, 0.15) is 32.1 Å². The smallest absolute Gasteiger partial charge is 0.259 e. The summed E-state index contributed by atoms with van der Waals surface area (Å²) >= 11 is 1.64. The first kappa shape index (κ1) is 21.3. The standard InChI is InChI=1S/C25H23N5O2S/c1-16-3-8-22(33-16)21-13-20(23-17(2)28-32-24(23)27-21)25(31)30-11-9-29(10-12-30)15-19-6-4-18(14-26)5-7-19/h3-8,13H,9-12,15H2,1-2H3. The number of hydrogen-bond donors (Lipinski definition) is 0. The van der Waals surface area contributed by atoms with Gasteiger partial charge in [0.05, 0.1) is 38.8 Å². The summed E-state index contributed by atoms with van der Waals surface area (Å²) in [5.74, 6) is -0.0127. The molecule has 0 N–H and O–H groups in total. The highest BCUT2D eigenvalue weighted by Gasteiger charge is 2.26. The minimum Gasteiger partial charge on any atom is -0.336 e. The first-order valence-electron chi connectivity index (χ1n) is 10.9. The van der Waals surface area contributed by atoms with Crippen molar-refractivity contribution in [1.82, 2.24) is 19.9 Å². The van der Waals surface area contributed by atoms with E-state index in [9.17, 15) is 4.79 Å². The molecule has 33 heavy (non-hydrogen) atoms. The molecule has 0 unspecified atom stereocenters. The topological polar surface area (TPSA) is 86.3 Å². The molecule has 0 atom stereocenters. The average molecular weight is 458 g/mol. The van der Waals surface area contributed by atoms with Gasteiger partial charge in [-0.25, -0.2) is 4.98 Å². The molecule has 4 aromatic rings. The van der Waals surface area contributed by atoms with Crippen LogP contribution >= 0.6 is 11.3 Å². The van der Waals surface area contributed by atoms with E-state index in [0.717, 1.165) is 30.2 Å². The van der Waals surface area contributed by atoms with Gasteiger partial charge < -0.3 is 9.42 Å². The van der Waals surface area contributed by atoms with Gasteiger partial charge in [-0.15, -0.1) is 11.3 Å². The lowest BCUT2D eigenvalue weighted by molar-refractivity contribution is 0.0630. The third-order valence-corrected chi connectivity index (χ3v) is 7.01. The SMILES string of the molecule is Cc1ccc(-c2cc(C(=O)N3CCN(Cc4ccc(C#N)cc4)CC3)c3c(C)noc3n2)s1. The van der Waals surface area contributed by atoms with E-state index in [0.29, 0.717) is 41.0 Å². The van der Waals surface area contributed by atoms with Crippen molar-refractivity contribution in [1.29, 1.82) is 5.26 Å². The second kappa shape index (κ2) is 8.77. The van der Waals surface area contributed by atoms with Crippen LogP contribution in [-0.2, 0) is 6.54 Å². The Morgan fingerprint density at radius 3 is 2.55 bits per heavy atom. The second-order valence-electron chi connectivity index (χ2n) is 8.29. The molecule has 0 saturated carbocycles. The molecule has 0 aliphatic carbocycles. The summed E-state index contributed by atoms with van der Waals surface area (Å²) in [4.78, 5) is 24.6. The van der Waals surface area contributed by atoms with Crippen molar-refractivity contribution in [3.63, 3.8) is 0 Å². The molecule has 1 fully saturated rings. The lowest BCUT2D eigenvalue weighted by Gasteiger charge is -2.35. The monoisotopic (exact) mass is 457 g/mol. The van der Waals surface area contributed by atoms with Crippen LogP contribution < -0.4 is 0 Å². The Morgan fingerprint density at radius 2 is 1.88 bits per heavy atom. The van der Waals surface area contributed by atoms with Crippen molar-refractivity contribution in [2.24, 2.45) is 0 Å². The van der Waals surface area contributed by atoms with Gasteiger partial charge in [-0.2, -0.15) is 5.26 Å². The predicted octanol–water partition coefficient (Wildman–Crippen LogP) is 4.40. The van der Waals surface area contributed by atoms with E-state index in [2.05, 4.69) is 28.0 Å². The van der Waals surface area contributed by atoms with Gasteiger partial charge in [-0.3, -0.25) is 9.69 Å². The van der Waals surface area contributed by atoms with Crippen LogP contribution in [0.5, 0.6) is 0 Å². The minimum absolute atomic E-state index is 0.0127. The number of piperazine rings is 1. The maximum absolute atomic E-state index is 13.6. The number of rotatable bonds is 4. The fourth-order valence-corrected chi connectivity index (χ4v) is 5.01. The molecule has 166 valence electrons. The Labute approximate surface area is 195 Å². The Morgan fingerprint density at radius 1 is 1.12 bits per heavy atom. The molecule has 1 aromatic carbocycles. The van der Waals surface area contributed by atoms with Crippen LogP contribution in [0.2, 0.25) is 0 Å². The number of aryl methyl sites for hydroxylation is 2. The maximum atomic E-state index is 13.6. The van der Waals surface area contributed by atoms with Crippen molar-refractivity contribution >= 4 is 28.3 Å². The number of nitrogens with zero attached hydrogens (tertiary/aromatic N) is 5. The zero-order chi connectivity index (χ0) is 22.9. The van der Waals surface area contributed by atoms with E-state index in [1.165, 1.54) is 10.4 Å². The average Bonchev–Trinajstić information content (AvgIpc) is 3.44. The van der Waals surface area contributed by atoms with E-state index >= 15 is 0 Å². The third kappa shape index (κ3) is 4.25. The van der Waals surface area contributed by atoms with E-state index in [-0.39, 0.29) is 5.91 Å². The van der Waals surface area contributed by atoms with Crippen LogP contribution in [0.3, 0.4) is 0 Å². The lowest BCUT2D eigenvalue weighted by Crippen LogP contribution is -2.48. The quantitative estimate of drug-likeness (QED) is 0.452. The van der Waals surface area contributed by atoms with Gasteiger partial charge in [0.25, 0.3) is 11.6 Å². The van der Waals surface area contributed by atoms with Crippen molar-refractivity contribution < 1.29 is 9.32 Å². The van der Waals surface area contributed by atoms with Gasteiger partial charge in [0.1, 0.15) is 0 Å². The number of pyridine rings is 1. The first-order chi connectivity index (χ1) is 16.0. The number of carbonyl (C=O) groups excluding carboxylic acids is 1. The molecular weight excluding hydrogens is 434 g/mol. The lowest BCUT2D eigenvalue weighted by atomic mass is 10.1. The molecular formula is C25H23N5O2S. The number of carbonyl (C=O) groups is 1. The zero-order valence-electron chi connectivity index (χ0n) is 18.5. The number of nitriles is 1. The number of hydrogen-bond acceptors (Lipinski definition) is 7. The van der Waals surface area contributed by atoms with Crippen molar-refractivity contribution in [3.05, 3.63) is 69.7 Å². The molecule has 5 rings (SSSR count). The second-order valence-corrected chi connectivity index (χ2v) is 9.58. The van der Waals surface area contributed by atoms with Crippen molar-refractivity contribution in [3.8, 4) is 16.6 Å². The van der Waals surface area contributed by atoms with Gasteiger partial charge in [0.2, 0.25) is 0 Å². The molecule has 4 heterocycles. The van der Waals surface area contributed by atoms with E-state index < -0.39 is 0 Å². The van der Waals surface area contributed by atoms with Gasteiger partial charge in [0.15, 0.2) is 0 Å². The Balaban J connectivity index is 1.35. The molecule has 8 heteroatoms. The Bertz CT molecular complexity index is 1360. The molecule has 1 aliphatic heterocycles. The van der Waals surface area contributed by atoms with Crippen LogP contribution in [0.15, 0.2) is 47.0 Å². The van der Waals surface area contributed by atoms with Gasteiger partial charge in [-0.1, -0.05) is 17.3 Å². The first-order valence-corrected chi connectivity index (χ1v) is 11.7. The fourth-order valence-electron chi connectivity index (χ4n) is 4.18. The largest absolute Gasteiger partial charge is 0.336 e. The highest BCUT2D eigenvalue weighted by Crippen LogP contribution is 2.31. The predicted molar refractivity (Wildman–Crippen MR) is 127 cm³/mol. The molecule has 7 nitrogen and oxygen atoms in total. The fraction of sp³-hybridized carbons (Fsp3) is 0.280. The van der Waals surface area contributed by atoms with Crippen LogP contribution in [0.4, 0.5) is 0 Å².